The molecule has 122 valence electrons. The summed E-state index contributed by atoms with van der Waals surface area (Å²) in [6.45, 7) is 0.159. The molecular weight excluding hydrogens is 317 g/mol. The first-order valence-corrected chi connectivity index (χ1v) is 7.24. The minimum atomic E-state index is -4.34. The van der Waals surface area contributed by atoms with E-state index in [4.69, 9.17) is 4.74 Å². The van der Waals surface area contributed by atoms with Crippen molar-refractivity contribution >= 4 is 17.1 Å². The zero-order chi connectivity index (χ0) is 17.2. The molecule has 0 heterocycles. The van der Waals surface area contributed by atoms with Crippen LogP contribution in [0.2, 0.25) is 0 Å². The molecule has 3 rings (SSSR count). The number of rotatable bonds is 4. The van der Waals surface area contributed by atoms with Gasteiger partial charge in [0.25, 0.3) is 0 Å². The van der Waals surface area contributed by atoms with Gasteiger partial charge in [-0.25, -0.2) is 0 Å². The Labute approximate surface area is 136 Å². The Morgan fingerprint density at radius 2 is 1.71 bits per heavy atom. The number of hydrogen-bond acceptors (Lipinski definition) is 2. The van der Waals surface area contributed by atoms with E-state index >= 15 is 0 Å². The first-order chi connectivity index (χ1) is 11.5. The lowest BCUT2D eigenvalue weighted by molar-refractivity contribution is -0.137. The first-order valence-electron chi connectivity index (χ1n) is 7.24. The van der Waals surface area contributed by atoms with Crippen LogP contribution in [0.4, 0.5) is 13.2 Å². The number of fused-ring (bicyclic) bond motifs is 1. The van der Waals surface area contributed by atoms with E-state index in [-0.39, 0.29) is 6.61 Å². The number of benzene rings is 3. The van der Waals surface area contributed by atoms with Gasteiger partial charge in [0.05, 0.1) is 5.56 Å². The molecule has 2 nitrogen and oxygen atoms in total. The van der Waals surface area contributed by atoms with Gasteiger partial charge in [0.15, 0.2) is 0 Å². The summed E-state index contributed by atoms with van der Waals surface area (Å²) < 4.78 is 43.4. The van der Waals surface area contributed by atoms with Gasteiger partial charge < -0.3 is 4.74 Å². The average molecular weight is 330 g/mol. The molecular formula is C19H13F3O2. The molecule has 0 saturated carbocycles. The third-order valence-corrected chi connectivity index (χ3v) is 3.68. The van der Waals surface area contributed by atoms with Crippen LogP contribution in [-0.2, 0) is 12.8 Å². The van der Waals surface area contributed by atoms with Crippen LogP contribution in [0.3, 0.4) is 0 Å². The van der Waals surface area contributed by atoms with Gasteiger partial charge in [0.2, 0.25) is 0 Å². The highest BCUT2D eigenvalue weighted by molar-refractivity contribution is 5.92. The minimum absolute atomic E-state index is 0.159. The van der Waals surface area contributed by atoms with Crippen molar-refractivity contribution in [1.82, 2.24) is 0 Å². The standard InChI is InChI=1S/C19H13F3O2/c20-19(21,22)16-7-4-13(5-8-16)12-24-18-3-1-2-15-10-14(11-23)6-9-17(15)18/h1-11H,12H2. The summed E-state index contributed by atoms with van der Waals surface area (Å²) in [6, 6.07) is 15.6. The van der Waals surface area contributed by atoms with Gasteiger partial charge in [-0.05, 0) is 41.3 Å². The van der Waals surface area contributed by atoms with Crippen molar-refractivity contribution in [2.45, 2.75) is 12.8 Å². The van der Waals surface area contributed by atoms with E-state index in [1.54, 1.807) is 30.3 Å². The predicted octanol–water partition coefficient (Wildman–Crippen LogP) is 5.25. The molecule has 24 heavy (non-hydrogen) atoms. The highest BCUT2D eigenvalue weighted by Gasteiger charge is 2.29. The third kappa shape index (κ3) is 3.40. The molecule has 0 aliphatic heterocycles. The summed E-state index contributed by atoms with van der Waals surface area (Å²) in [5.41, 5.74) is 0.532. The summed E-state index contributed by atoms with van der Waals surface area (Å²) in [5, 5.41) is 1.71. The van der Waals surface area contributed by atoms with Crippen LogP contribution in [0.1, 0.15) is 21.5 Å². The van der Waals surface area contributed by atoms with Crippen molar-refractivity contribution in [2.24, 2.45) is 0 Å². The lowest BCUT2D eigenvalue weighted by Gasteiger charge is -2.11. The Bertz CT molecular complexity index is 868. The summed E-state index contributed by atoms with van der Waals surface area (Å²) in [4.78, 5) is 10.8. The first kappa shape index (κ1) is 16.1. The van der Waals surface area contributed by atoms with E-state index in [0.29, 0.717) is 16.9 Å². The molecule has 0 aliphatic carbocycles. The average Bonchev–Trinajstić information content (AvgIpc) is 2.59. The van der Waals surface area contributed by atoms with E-state index < -0.39 is 11.7 Å². The molecule has 3 aromatic carbocycles. The molecule has 0 N–H and O–H groups in total. The second-order valence-electron chi connectivity index (χ2n) is 5.34. The Kier molecular flexibility index (Phi) is 4.25. The molecule has 0 unspecified atom stereocenters. The van der Waals surface area contributed by atoms with Crippen molar-refractivity contribution in [3.8, 4) is 5.75 Å². The second kappa shape index (κ2) is 6.35. The van der Waals surface area contributed by atoms with Crippen LogP contribution in [-0.4, -0.2) is 6.29 Å². The number of halogens is 3. The normalized spacial score (nSPS) is 11.5. The summed E-state index contributed by atoms with van der Waals surface area (Å²) in [5.74, 6) is 0.616. The maximum Gasteiger partial charge on any atom is 0.416 e. The van der Waals surface area contributed by atoms with Crippen LogP contribution >= 0.6 is 0 Å². The SMILES string of the molecule is O=Cc1ccc2c(OCc3ccc(C(F)(F)F)cc3)cccc2c1. The summed E-state index contributed by atoms with van der Waals surface area (Å²) >= 11 is 0. The zero-order valence-electron chi connectivity index (χ0n) is 12.5. The molecule has 0 aromatic heterocycles. The molecule has 0 aliphatic rings. The highest BCUT2D eigenvalue weighted by Crippen LogP contribution is 2.30. The fourth-order valence-electron chi connectivity index (χ4n) is 2.42. The van der Waals surface area contributed by atoms with E-state index in [1.165, 1.54) is 12.1 Å². The number of ether oxygens (including phenoxy) is 1. The summed E-state index contributed by atoms with van der Waals surface area (Å²) in [7, 11) is 0. The van der Waals surface area contributed by atoms with Crippen LogP contribution in [0, 0.1) is 0 Å². The van der Waals surface area contributed by atoms with E-state index in [2.05, 4.69) is 0 Å². The molecule has 0 amide bonds. The maximum atomic E-state index is 12.6. The monoisotopic (exact) mass is 330 g/mol. The number of hydrogen-bond donors (Lipinski definition) is 0. The van der Waals surface area contributed by atoms with Crippen molar-refractivity contribution in [3.05, 3.63) is 77.4 Å². The molecule has 0 atom stereocenters. The van der Waals surface area contributed by atoms with Crippen LogP contribution in [0.5, 0.6) is 5.75 Å². The topological polar surface area (TPSA) is 26.3 Å². The van der Waals surface area contributed by atoms with Gasteiger partial charge in [-0.15, -0.1) is 0 Å². The van der Waals surface area contributed by atoms with E-state index in [9.17, 15) is 18.0 Å². The van der Waals surface area contributed by atoms with Crippen molar-refractivity contribution in [1.29, 1.82) is 0 Å². The molecule has 0 saturated heterocycles. The van der Waals surface area contributed by atoms with Gasteiger partial charge >= 0.3 is 6.18 Å². The molecule has 0 bridgehead atoms. The number of carbonyl (C=O) groups is 1. The quantitative estimate of drug-likeness (QED) is 0.611. The molecule has 5 heteroatoms. The maximum absolute atomic E-state index is 12.6. The molecule has 0 radical (unpaired) electrons. The Hall–Kier alpha value is -2.82. The van der Waals surface area contributed by atoms with Crippen molar-refractivity contribution < 1.29 is 22.7 Å². The van der Waals surface area contributed by atoms with Crippen LogP contribution in [0.25, 0.3) is 10.8 Å². The second-order valence-corrected chi connectivity index (χ2v) is 5.34. The number of carbonyl (C=O) groups excluding carboxylic acids is 1. The lowest BCUT2D eigenvalue weighted by Crippen LogP contribution is -2.05. The van der Waals surface area contributed by atoms with Gasteiger partial charge in [-0.1, -0.05) is 30.3 Å². The minimum Gasteiger partial charge on any atom is -0.488 e. The highest BCUT2D eigenvalue weighted by atomic mass is 19.4. The van der Waals surface area contributed by atoms with E-state index in [1.807, 2.05) is 6.07 Å². The smallest absolute Gasteiger partial charge is 0.416 e. The number of aldehydes is 1. The Morgan fingerprint density at radius 1 is 0.958 bits per heavy atom. The number of alkyl halides is 3. The summed E-state index contributed by atoms with van der Waals surface area (Å²) in [6.07, 6.45) is -3.57. The fraction of sp³-hybridized carbons (Fsp3) is 0.105. The zero-order valence-corrected chi connectivity index (χ0v) is 12.5. The lowest BCUT2D eigenvalue weighted by atomic mass is 10.1. The van der Waals surface area contributed by atoms with Gasteiger partial charge in [-0.3, -0.25) is 4.79 Å². The van der Waals surface area contributed by atoms with Crippen LogP contribution in [0.15, 0.2) is 60.7 Å². The fourth-order valence-corrected chi connectivity index (χ4v) is 2.42. The predicted molar refractivity (Wildman–Crippen MR) is 85.1 cm³/mol. The third-order valence-electron chi connectivity index (χ3n) is 3.68. The van der Waals surface area contributed by atoms with Gasteiger partial charge in [-0.2, -0.15) is 13.2 Å². The van der Waals surface area contributed by atoms with Gasteiger partial charge in [0.1, 0.15) is 18.6 Å². The molecule has 0 spiro atoms. The van der Waals surface area contributed by atoms with Crippen molar-refractivity contribution in [2.75, 3.05) is 0 Å². The Morgan fingerprint density at radius 3 is 2.38 bits per heavy atom. The molecule has 0 fully saturated rings. The van der Waals surface area contributed by atoms with Crippen LogP contribution < -0.4 is 4.74 Å². The largest absolute Gasteiger partial charge is 0.488 e. The van der Waals surface area contributed by atoms with Gasteiger partial charge in [0, 0.05) is 10.9 Å². The van der Waals surface area contributed by atoms with E-state index in [0.717, 1.165) is 29.2 Å². The molecule has 3 aromatic rings. The Balaban J connectivity index is 1.79. The van der Waals surface area contributed by atoms with Crippen molar-refractivity contribution in [3.63, 3.8) is 0 Å².